The molecule has 1 aromatic rings. The van der Waals surface area contributed by atoms with Crippen molar-refractivity contribution in [3.05, 3.63) is 24.5 Å². The summed E-state index contributed by atoms with van der Waals surface area (Å²) in [7, 11) is 0. The first-order chi connectivity index (χ1) is 10.2. The van der Waals surface area contributed by atoms with Crippen molar-refractivity contribution in [1.82, 2.24) is 10.1 Å². The molecule has 2 unspecified atom stereocenters. The Balaban J connectivity index is 1.85. The fraction of sp³-hybridized carbons (Fsp3) is 0.600. The average Bonchev–Trinajstić information content (AvgIpc) is 3.17. The summed E-state index contributed by atoms with van der Waals surface area (Å²) < 4.78 is 5.29. The third-order valence-electron chi connectivity index (χ3n) is 4.08. The molecular weight excluding hydrogens is 270 g/mol. The Morgan fingerprint density at radius 2 is 2.33 bits per heavy atom. The Morgan fingerprint density at radius 3 is 2.95 bits per heavy atom. The minimum atomic E-state index is -0.917. The Morgan fingerprint density at radius 1 is 1.57 bits per heavy atom. The largest absolute Gasteiger partial charge is 0.371 e. The molecule has 6 heteroatoms. The summed E-state index contributed by atoms with van der Waals surface area (Å²) in [6.07, 6.45) is 4.41. The molecule has 2 fully saturated rings. The van der Waals surface area contributed by atoms with Gasteiger partial charge < -0.3 is 14.5 Å². The lowest BCUT2D eigenvalue weighted by atomic mass is 10.1. The van der Waals surface area contributed by atoms with Crippen molar-refractivity contribution in [1.29, 1.82) is 0 Å². The van der Waals surface area contributed by atoms with Crippen molar-refractivity contribution in [3.8, 4) is 0 Å². The monoisotopic (exact) mass is 291 g/mol. The highest BCUT2D eigenvalue weighted by Gasteiger charge is 2.46. The van der Waals surface area contributed by atoms with Gasteiger partial charge in [-0.1, -0.05) is 18.2 Å². The maximum atomic E-state index is 12.6. The Hall–Kier alpha value is -1.82. The van der Waals surface area contributed by atoms with Crippen LogP contribution in [0.25, 0.3) is 0 Å². The molecular formula is C15H21N3O3. The van der Waals surface area contributed by atoms with E-state index in [1.807, 2.05) is 6.92 Å². The van der Waals surface area contributed by atoms with Gasteiger partial charge in [-0.15, -0.1) is 6.58 Å². The Bertz CT molecular complexity index is 538. The van der Waals surface area contributed by atoms with Crippen LogP contribution in [0, 0.1) is 0 Å². The quantitative estimate of drug-likeness (QED) is 0.817. The fourth-order valence-corrected chi connectivity index (χ4v) is 2.84. The van der Waals surface area contributed by atoms with E-state index in [1.165, 1.54) is 4.90 Å². The Labute approximate surface area is 124 Å². The highest BCUT2D eigenvalue weighted by atomic mass is 16.5. The maximum Gasteiger partial charge on any atom is 0.328 e. The van der Waals surface area contributed by atoms with Gasteiger partial charge in [-0.25, -0.2) is 9.69 Å². The summed E-state index contributed by atoms with van der Waals surface area (Å²) in [6.45, 7) is 6.33. The number of anilines is 1. The van der Waals surface area contributed by atoms with Crippen LogP contribution in [0.1, 0.15) is 44.3 Å². The van der Waals surface area contributed by atoms with Crippen molar-refractivity contribution in [3.63, 3.8) is 0 Å². The van der Waals surface area contributed by atoms with Crippen molar-refractivity contribution in [2.75, 3.05) is 11.4 Å². The van der Waals surface area contributed by atoms with Crippen LogP contribution in [0.2, 0.25) is 0 Å². The second kappa shape index (κ2) is 5.52. The minimum Gasteiger partial charge on any atom is -0.371 e. The average molecular weight is 291 g/mol. The number of carbonyl (C=O) groups excluding carboxylic acids is 1. The maximum absolute atomic E-state index is 12.6. The highest BCUT2D eigenvalue weighted by molar-refractivity contribution is 5.94. The molecule has 2 heterocycles. The molecule has 0 radical (unpaired) electrons. The number of amides is 2. The van der Waals surface area contributed by atoms with Gasteiger partial charge in [0.15, 0.2) is 12.0 Å². The predicted octanol–water partition coefficient (Wildman–Crippen LogP) is 2.47. The van der Waals surface area contributed by atoms with E-state index in [-0.39, 0.29) is 12.1 Å². The van der Waals surface area contributed by atoms with E-state index in [1.54, 1.807) is 17.0 Å². The van der Waals surface area contributed by atoms with Gasteiger partial charge in [0.05, 0.1) is 6.04 Å². The van der Waals surface area contributed by atoms with Crippen LogP contribution < -0.4 is 4.90 Å². The molecule has 21 heavy (non-hydrogen) atoms. The lowest BCUT2D eigenvalue weighted by Crippen LogP contribution is -2.37. The molecule has 114 valence electrons. The SMILES string of the molecule is C=CCC1C(O)N(c2cc(C3CC3)on2)C(=O)N1CCC. The van der Waals surface area contributed by atoms with Gasteiger partial charge >= 0.3 is 6.03 Å². The zero-order valence-corrected chi connectivity index (χ0v) is 12.2. The molecule has 1 saturated heterocycles. The summed E-state index contributed by atoms with van der Waals surface area (Å²) in [5.74, 6) is 1.64. The van der Waals surface area contributed by atoms with Gasteiger partial charge in [0.2, 0.25) is 0 Å². The van der Waals surface area contributed by atoms with Gasteiger partial charge in [0.1, 0.15) is 5.76 Å². The molecule has 3 rings (SSSR count). The van der Waals surface area contributed by atoms with E-state index < -0.39 is 6.23 Å². The molecule has 0 bridgehead atoms. The van der Waals surface area contributed by atoms with E-state index in [4.69, 9.17) is 4.52 Å². The number of rotatable bonds is 6. The van der Waals surface area contributed by atoms with Crippen LogP contribution in [0.15, 0.2) is 23.2 Å². The van der Waals surface area contributed by atoms with Crippen LogP contribution in [0.3, 0.4) is 0 Å². The standard InChI is InChI=1S/C15H21N3O3/c1-3-5-11-14(19)18(15(20)17(11)8-4-2)13-9-12(21-16-13)10-6-7-10/h3,9-11,14,19H,1,4-8H2,2H3. The predicted molar refractivity (Wildman–Crippen MR) is 78.0 cm³/mol. The molecule has 2 amide bonds. The molecule has 0 aromatic carbocycles. The van der Waals surface area contributed by atoms with E-state index in [2.05, 4.69) is 11.7 Å². The zero-order valence-electron chi connectivity index (χ0n) is 12.2. The van der Waals surface area contributed by atoms with Crippen LogP contribution in [-0.4, -0.2) is 40.0 Å². The smallest absolute Gasteiger partial charge is 0.328 e. The lowest BCUT2D eigenvalue weighted by Gasteiger charge is -2.22. The second-order valence-electron chi connectivity index (χ2n) is 5.71. The first kappa shape index (κ1) is 14.1. The van der Waals surface area contributed by atoms with Crippen LogP contribution in [0.4, 0.5) is 10.6 Å². The first-order valence-corrected chi connectivity index (χ1v) is 7.52. The van der Waals surface area contributed by atoms with Gasteiger partial charge in [-0.3, -0.25) is 0 Å². The number of aliphatic hydroxyl groups excluding tert-OH is 1. The fourth-order valence-electron chi connectivity index (χ4n) is 2.84. The van der Waals surface area contributed by atoms with Crippen LogP contribution in [-0.2, 0) is 0 Å². The molecule has 1 saturated carbocycles. The number of hydrogen-bond donors (Lipinski definition) is 1. The highest BCUT2D eigenvalue weighted by Crippen LogP contribution is 2.42. The summed E-state index contributed by atoms with van der Waals surface area (Å²) in [6, 6.07) is 1.28. The van der Waals surface area contributed by atoms with E-state index >= 15 is 0 Å². The number of hydrogen-bond acceptors (Lipinski definition) is 4. The number of carbonyl (C=O) groups is 1. The molecule has 1 aromatic heterocycles. The van der Waals surface area contributed by atoms with Crippen molar-refractivity contribution < 1.29 is 14.4 Å². The van der Waals surface area contributed by atoms with Gasteiger partial charge in [-0.2, -0.15) is 0 Å². The first-order valence-electron chi connectivity index (χ1n) is 7.52. The number of aliphatic hydroxyl groups is 1. The zero-order chi connectivity index (χ0) is 15.0. The normalized spacial score (nSPS) is 25.7. The van der Waals surface area contributed by atoms with E-state index in [9.17, 15) is 9.90 Å². The van der Waals surface area contributed by atoms with Gasteiger partial charge in [0, 0.05) is 18.5 Å². The van der Waals surface area contributed by atoms with Crippen LogP contribution >= 0.6 is 0 Å². The second-order valence-corrected chi connectivity index (χ2v) is 5.71. The molecule has 6 nitrogen and oxygen atoms in total. The lowest BCUT2D eigenvalue weighted by molar-refractivity contribution is 0.119. The minimum absolute atomic E-state index is 0.216. The third-order valence-corrected chi connectivity index (χ3v) is 4.08. The molecule has 1 aliphatic carbocycles. The van der Waals surface area contributed by atoms with E-state index in [0.29, 0.717) is 24.7 Å². The van der Waals surface area contributed by atoms with E-state index in [0.717, 1.165) is 25.0 Å². The number of aromatic nitrogens is 1. The van der Waals surface area contributed by atoms with Gasteiger partial charge in [0.25, 0.3) is 0 Å². The summed E-state index contributed by atoms with van der Waals surface area (Å²) in [4.78, 5) is 15.6. The van der Waals surface area contributed by atoms with Crippen LogP contribution in [0.5, 0.6) is 0 Å². The summed E-state index contributed by atoms with van der Waals surface area (Å²) in [5, 5.41) is 14.5. The molecule has 2 aliphatic rings. The molecule has 1 aliphatic heterocycles. The van der Waals surface area contributed by atoms with Crippen molar-refractivity contribution in [2.45, 2.75) is 50.8 Å². The van der Waals surface area contributed by atoms with Crippen molar-refractivity contribution in [2.24, 2.45) is 0 Å². The molecule has 0 spiro atoms. The third kappa shape index (κ3) is 2.44. The Kier molecular flexibility index (Phi) is 3.71. The number of nitrogens with zero attached hydrogens (tertiary/aromatic N) is 3. The molecule has 1 N–H and O–H groups in total. The number of urea groups is 1. The van der Waals surface area contributed by atoms with Crippen molar-refractivity contribution >= 4 is 11.8 Å². The topological polar surface area (TPSA) is 69.8 Å². The summed E-state index contributed by atoms with van der Waals surface area (Å²) >= 11 is 0. The van der Waals surface area contributed by atoms with Gasteiger partial charge in [-0.05, 0) is 25.7 Å². The molecule has 2 atom stereocenters. The summed E-state index contributed by atoms with van der Waals surface area (Å²) in [5.41, 5.74) is 0.